The first-order valence-electron chi connectivity index (χ1n) is 11.5. The summed E-state index contributed by atoms with van der Waals surface area (Å²) in [5, 5.41) is 8.55. The van der Waals surface area contributed by atoms with Crippen LogP contribution in [-0.2, 0) is 11.3 Å². The summed E-state index contributed by atoms with van der Waals surface area (Å²) >= 11 is 0. The standard InChI is InChI=1S/C24H34N4O4/c1-24(2,3)32-23(29)28-14-8-12-20(28)19-11-5-6-13-27(19)16-21-25-26-22(31-21)17-9-7-10-18(15-17)30-4/h7,9-10,15,19-20H,5-6,8,11-14,16H2,1-4H3/t19-,20-/m1/s1. The number of ether oxygens (including phenoxy) is 2. The molecule has 3 heterocycles. The van der Waals surface area contributed by atoms with Crippen LogP contribution in [0.25, 0.3) is 11.5 Å². The quantitative estimate of drug-likeness (QED) is 0.674. The fourth-order valence-corrected chi connectivity index (χ4v) is 4.75. The van der Waals surface area contributed by atoms with Crippen LogP contribution in [0.5, 0.6) is 5.75 Å². The van der Waals surface area contributed by atoms with Gasteiger partial charge in [-0.25, -0.2) is 4.79 Å². The molecular formula is C24H34N4O4. The molecular weight excluding hydrogens is 408 g/mol. The third kappa shape index (κ3) is 5.23. The number of carbonyl (C=O) groups is 1. The fraction of sp³-hybridized carbons (Fsp3) is 0.625. The summed E-state index contributed by atoms with van der Waals surface area (Å²) in [6.45, 7) is 8.04. The Labute approximate surface area is 189 Å². The van der Waals surface area contributed by atoms with Gasteiger partial charge >= 0.3 is 6.09 Å². The second-order valence-corrected chi connectivity index (χ2v) is 9.65. The van der Waals surface area contributed by atoms with Crippen LogP contribution in [0.15, 0.2) is 28.7 Å². The molecule has 2 aliphatic heterocycles. The number of piperidine rings is 1. The van der Waals surface area contributed by atoms with Crippen LogP contribution < -0.4 is 4.74 Å². The maximum absolute atomic E-state index is 12.8. The van der Waals surface area contributed by atoms with Crippen molar-refractivity contribution in [2.24, 2.45) is 0 Å². The Morgan fingerprint density at radius 2 is 1.94 bits per heavy atom. The van der Waals surface area contributed by atoms with E-state index in [0.29, 0.717) is 18.3 Å². The number of aromatic nitrogens is 2. The molecule has 1 amide bonds. The summed E-state index contributed by atoms with van der Waals surface area (Å²) in [6.07, 6.45) is 5.16. The first kappa shape index (κ1) is 22.6. The fourth-order valence-electron chi connectivity index (χ4n) is 4.75. The molecule has 2 saturated heterocycles. The van der Waals surface area contributed by atoms with E-state index in [-0.39, 0.29) is 18.2 Å². The monoisotopic (exact) mass is 442 g/mol. The summed E-state index contributed by atoms with van der Waals surface area (Å²) in [6, 6.07) is 8.04. The molecule has 0 unspecified atom stereocenters. The molecule has 2 aliphatic rings. The van der Waals surface area contributed by atoms with Gasteiger partial charge in [-0.2, -0.15) is 0 Å². The highest BCUT2D eigenvalue weighted by Crippen LogP contribution is 2.32. The van der Waals surface area contributed by atoms with Crippen molar-refractivity contribution < 1.29 is 18.7 Å². The zero-order chi connectivity index (χ0) is 22.7. The van der Waals surface area contributed by atoms with E-state index in [1.807, 2.05) is 49.9 Å². The molecule has 8 heteroatoms. The van der Waals surface area contributed by atoms with Gasteiger partial charge in [-0.05, 0) is 71.2 Å². The smallest absolute Gasteiger partial charge is 0.410 e. The highest BCUT2D eigenvalue weighted by molar-refractivity contribution is 5.69. The Hall–Kier alpha value is -2.61. The third-order valence-electron chi connectivity index (χ3n) is 6.16. The molecule has 0 aliphatic carbocycles. The van der Waals surface area contributed by atoms with E-state index in [4.69, 9.17) is 13.9 Å². The van der Waals surface area contributed by atoms with Gasteiger partial charge in [0.1, 0.15) is 11.4 Å². The number of hydrogen-bond donors (Lipinski definition) is 0. The van der Waals surface area contributed by atoms with Crippen molar-refractivity contribution in [3.05, 3.63) is 30.2 Å². The normalized spacial score (nSPS) is 22.2. The van der Waals surface area contributed by atoms with Crippen molar-refractivity contribution in [3.8, 4) is 17.2 Å². The van der Waals surface area contributed by atoms with E-state index in [1.54, 1.807) is 7.11 Å². The zero-order valence-corrected chi connectivity index (χ0v) is 19.5. The predicted molar refractivity (Wildman–Crippen MR) is 120 cm³/mol. The van der Waals surface area contributed by atoms with E-state index >= 15 is 0 Å². The molecule has 1 aromatic carbocycles. The van der Waals surface area contributed by atoms with Gasteiger partial charge in [0.15, 0.2) is 0 Å². The molecule has 2 aromatic rings. The minimum atomic E-state index is -0.489. The number of likely N-dealkylation sites (tertiary alicyclic amines) is 2. The SMILES string of the molecule is COc1cccc(-c2nnc(CN3CCCC[C@@H]3[C@H]3CCCN3C(=O)OC(C)(C)C)o2)c1. The zero-order valence-electron chi connectivity index (χ0n) is 19.5. The second-order valence-electron chi connectivity index (χ2n) is 9.65. The first-order chi connectivity index (χ1) is 15.3. The maximum Gasteiger partial charge on any atom is 0.410 e. The minimum absolute atomic E-state index is 0.158. The maximum atomic E-state index is 12.8. The van der Waals surface area contributed by atoms with Crippen LogP contribution in [0.4, 0.5) is 4.79 Å². The molecule has 0 radical (unpaired) electrons. The molecule has 0 N–H and O–H groups in total. The topological polar surface area (TPSA) is 80.9 Å². The lowest BCUT2D eigenvalue weighted by Crippen LogP contribution is -2.53. The van der Waals surface area contributed by atoms with E-state index in [0.717, 1.165) is 50.1 Å². The molecule has 4 rings (SSSR count). The Balaban J connectivity index is 1.47. The van der Waals surface area contributed by atoms with E-state index in [2.05, 4.69) is 15.1 Å². The summed E-state index contributed by atoms with van der Waals surface area (Å²) in [5.74, 6) is 1.84. The summed E-state index contributed by atoms with van der Waals surface area (Å²) < 4.78 is 17.0. The van der Waals surface area contributed by atoms with Gasteiger partial charge in [0.25, 0.3) is 0 Å². The van der Waals surface area contributed by atoms with E-state index in [1.165, 1.54) is 6.42 Å². The average Bonchev–Trinajstić information content (AvgIpc) is 3.43. The highest BCUT2D eigenvalue weighted by Gasteiger charge is 2.40. The molecule has 2 fully saturated rings. The van der Waals surface area contributed by atoms with Gasteiger partial charge in [0, 0.05) is 18.2 Å². The number of hydrogen-bond acceptors (Lipinski definition) is 7. The Bertz CT molecular complexity index is 923. The lowest BCUT2D eigenvalue weighted by atomic mass is 9.94. The van der Waals surface area contributed by atoms with Gasteiger partial charge in [0.05, 0.1) is 19.7 Å². The molecule has 0 spiro atoms. The van der Waals surface area contributed by atoms with Crippen LogP contribution in [0.1, 0.15) is 58.8 Å². The largest absolute Gasteiger partial charge is 0.497 e. The number of nitrogens with zero attached hydrogens (tertiary/aromatic N) is 4. The molecule has 1 aromatic heterocycles. The van der Waals surface area contributed by atoms with Crippen LogP contribution in [-0.4, -0.2) is 64.0 Å². The van der Waals surface area contributed by atoms with Crippen LogP contribution in [0.2, 0.25) is 0 Å². The summed E-state index contributed by atoms with van der Waals surface area (Å²) in [4.78, 5) is 17.2. The van der Waals surface area contributed by atoms with E-state index in [9.17, 15) is 4.79 Å². The molecule has 2 atom stereocenters. The summed E-state index contributed by atoms with van der Waals surface area (Å²) in [5.41, 5.74) is 0.349. The van der Waals surface area contributed by atoms with Crippen molar-refractivity contribution >= 4 is 6.09 Å². The minimum Gasteiger partial charge on any atom is -0.497 e. The van der Waals surface area contributed by atoms with Gasteiger partial charge in [-0.1, -0.05) is 12.5 Å². The first-order valence-corrected chi connectivity index (χ1v) is 11.5. The Morgan fingerprint density at radius 1 is 1.12 bits per heavy atom. The van der Waals surface area contributed by atoms with Crippen molar-refractivity contribution in [1.29, 1.82) is 0 Å². The van der Waals surface area contributed by atoms with Crippen molar-refractivity contribution in [1.82, 2.24) is 20.0 Å². The number of amides is 1. The molecule has 32 heavy (non-hydrogen) atoms. The number of rotatable bonds is 5. The van der Waals surface area contributed by atoms with E-state index < -0.39 is 5.60 Å². The predicted octanol–water partition coefficient (Wildman–Crippen LogP) is 4.50. The lowest BCUT2D eigenvalue weighted by molar-refractivity contribution is 0.00540. The molecule has 0 saturated carbocycles. The van der Waals surface area contributed by atoms with Crippen molar-refractivity contribution in [2.75, 3.05) is 20.2 Å². The highest BCUT2D eigenvalue weighted by atomic mass is 16.6. The lowest BCUT2D eigenvalue weighted by Gasteiger charge is -2.41. The van der Waals surface area contributed by atoms with Gasteiger partial charge in [-0.15, -0.1) is 10.2 Å². The number of methoxy groups -OCH3 is 1. The third-order valence-corrected chi connectivity index (χ3v) is 6.16. The Kier molecular flexibility index (Phi) is 6.69. The van der Waals surface area contributed by atoms with Gasteiger partial charge < -0.3 is 18.8 Å². The number of benzene rings is 1. The number of carbonyl (C=O) groups excluding carboxylic acids is 1. The van der Waals surface area contributed by atoms with Crippen LogP contribution in [0, 0.1) is 0 Å². The summed E-state index contributed by atoms with van der Waals surface area (Å²) in [7, 11) is 1.64. The van der Waals surface area contributed by atoms with Gasteiger partial charge in [-0.3, -0.25) is 4.90 Å². The average molecular weight is 443 g/mol. The van der Waals surface area contributed by atoms with Crippen LogP contribution >= 0.6 is 0 Å². The molecule has 174 valence electrons. The van der Waals surface area contributed by atoms with Crippen molar-refractivity contribution in [3.63, 3.8) is 0 Å². The van der Waals surface area contributed by atoms with Gasteiger partial charge in [0.2, 0.25) is 11.8 Å². The van der Waals surface area contributed by atoms with Crippen molar-refractivity contribution in [2.45, 2.75) is 77.1 Å². The van der Waals surface area contributed by atoms with Crippen LogP contribution in [0.3, 0.4) is 0 Å². The molecule has 0 bridgehead atoms. The second kappa shape index (κ2) is 9.48. The Morgan fingerprint density at radius 3 is 2.72 bits per heavy atom. The molecule has 8 nitrogen and oxygen atoms in total.